The van der Waals surface area contributed by atoms with Gasteiger partial charge in [0.15, 0.2) is 23.2 Å². The molecule has 15 nitrogen and oxygen atoms in total. The van der Waals surface area contributed by atoms with Gasteiger partial charge >= 0.3 is 0 Å². The van der Waals surface area contributed by atoms with Gasteiger partial charge in [0.05, 0.1) is 24.5 Å². The number of carbonyl (C=O) groups excluding carboxylic acids is 1. The Balaban J connectivity index is 1.20. The second-order valence-corrected chi connectivity index (χ2v) is 13.6. The number of guanidine groups is 1. The standard InChI is InChI=1S/C39H44N12O3/c1-2-32(52)47-30-18-31(35(54)34(30)53)51-24-45-33-36(42-21-29(26-11-5-3-6-12-26)27-13-7-4-8-14-27)48-39(49-37(33)51)50-17-15-28(22-50)46-38(44-23-40)43-20-25-10-9-16-41-19-25/h3-14,16,19,24,28-31,34-35,53-54H,2,15,17-18,20-22H2,1H3,(H,47,52)(H,42,48,49)(H2,43,44,46)/t28-,30+,31-,34-,35+/m1/s1. The number of aliphatic hydroxyl groups excluding tert-OH is 2. The van der Waals surface area contributed by atoms with Crippen molar-refractivity contribution in [1.29, 1.82) is 5.26 Å². The van der Waals surface area contributed by atoms with Crippen molar-refractivity contribution in [3.05, 3.63) is 108 Å². The number of hydrogen-bond acceptors (Lipinski definition) is 11. The van der Waals surface area contributed by atoms with Crippen LogP contribution in [0.5, 0.6) is 0 Å². The fourth-order valence-electron chi connectivity index (χ4n) is 7.22. The highest BCUT2D eigenvalue weighted by atomic mass is 16.3. The predicted octanol–water partition coefficient (Wildman–Crippen LogP) is 2.82. The molecule has 1 amide bonds. The van der Waals surface area contributed by atoms with Gasteiger partial charge in [0.1, 0.15) is 12.2 Å². The van der Waals surface area contributed by atoms with Crippen LogP contribution in [0.3, 0.4) is 0 Å². The first kappa shape index (κ1) is 36.3. The summed E-state index contributed by atoms with van der Waals surface area (Å²) in [6.07, 6.45) is 6.02. The number of aromatic nitrogens is 5. The number of aliphatic hydroxyl groups is 2. The lowest BCUT2D eigenvalue weighted by Crippen LogP contribution is -2.42. The number of hydrogen-bond donors (Lipinski definition) is 6. The van der Waals surface area contributed by atoms with Crippen LogP contribution in [0.1, 0.15) is 54.8 Å². The molecule has 7 rings (SSSR count). The minimum atomic E-state index is -1.16. The van der Waals surface area contributed by atoms with Crippen LogP contribution >= 0.6 is 0 Å². The summed E-state index contributed by atoms with van der Waals surface area (Å²) in [6, 6.07) is 23.0. The molecule has 1 saturated heterocycles. The van der Waals surface area contributed by atoms with Crippen molar-refractivity contribution in [3.63, 3.8) is 0 Å². The van der Waals surface area contributed by atoms with E-state index in [0.717, 1.165) is 16.7 Å². The van der Waals surface area contributed by atoms with Crippen LogP contribution in [-0.2, 0) is 11.3 Å². The Morgan fingerprint density at radius 3 is 2.48 bits per heavy atom. The largest absolute Gasteiger partial charge is 0.388 e. The smallest absolute Gasteiger partial charge is 0.229 e. The number of imidazole rings is 1. The van der Waals surface area contributed by atoms with Gasteiger partial charge in [-0.3, -0.25) is 15.1 Å². The van der Waals surface area contributed by atoms with E-state index in [9.17, 15) is 20.3 Å². The van der Waals surface area contributed by atoms with Crippen LogP contribution in [0, 0.1) is 11.5 Å². The predicted molar refractivity (Wildman–Crippen MR) is 204 cm³/mol. The van der Waals surface area contributed by atoms with Gasteiger partial charge in [0.25, 0.3) is 0 Å². The van der Waals surface area contributed by atoms with Gasteiger partial charge in [-0.25, -0.2) is 9.98 Å². The van der Waals surface area contributed by atoms with Crippen molar-refractivity contribution in [2.75, 3.05) is 29.9 Å². The molecule has 3 aromatic heterocycles. The van der Waals surface area contributed by atoms with Gasteiger partial charge in [-0.05, 0) is 35.6 Å². The average Bonchev–Trinajstić information content (AvgIpc) is 3.93. The first-order chi connectivity index (χ1) is 26.4. The van der Waals surface area contributed by atoms with Crippen molar-refractivity contribution in [3.8, 4) is 6.19 Å². The molecule has 6 N–H and O–H groups in total. The van der Waals surface area contributed by atoms with Crippen LogP contribution in [0.2, 0.25) is 0 Å². The van der Waals surface area contributed by atoms with E-state index in [4.69, 9.17) is 19.9 Å². The molecule has 2 aliphatic rings. The Kier molecular flexibility index (Phi) is 11.2. The number of fused-ring (bicyclic) bond motifs is 1. The number of nitriles is 1. The van der Waals surface area contributed by atoms with Gasteiger partial charge in [-0.15, -0.1) is 0 Å². The molecule has 278 valence electrons. The molecule has 5 atom stereocenters. The zero-order valence-electron chi connectivity index (χ0n) is 30.0. The van der Waals surface area contributed by atoms with Crippen molar-refractivity contribution in [2.45, 2.75) is 69.0 Å². The third-order valence-corrected chi connectivity index (χ3v) is 10.1. The molecule has 1 aliphatic heterocycles. The monoisotopic (exact) mass is 728 g/mol. The number of benzene rings is 2. The summed E-state index contributed by atoms with van der Waals surface area (Å²) in [7, 11) is 0. The minimum absolute atomic E-state index is 0.00779. The molecular formula is C39H44N12O3. The number of aliphatic imine (C=N–C) groups is 1. The number of amides is 1. The van der Waals surface area contributed by atoms with E-state index in [2.05, 4.69) is 55.4 Å². The van der Waals surface area contributed by atoms with E-state index < -0.39 is 24.3 Å². The Morgan fingerprint density at radius 2 is 1.80 bits per heavy atom. The van der Waals surface area contributed by atoms with Crippen LogP contribution in [0.25, 0.3) is 11.2 Å². The molecule has 1 aliphatic carbocycles. The molecule has 0 unspecified atom stereocenters. The third-order valence-electron chi connectivity index (χ3n) is 10.1. The second kappa shape index (κ2) is 16.7. The number of nitrogens with one attached hydrogen (secondary N) is 4. The number of pyridine rings is 1. The highest BCUT2D eigenvalue weighted by Crippen LogP contribution is 2.35. The maximum Gasteiger partial charge on any atom is 0.229 e. The molecule has 0 spiro atoms. The molecule has 0 bridgehead atoms. The Labute approximate surface area is 313 Å². The van der Waals surface area contributed by atoms with E-state index in [1.807, 2.05) is 54.7 Å². The summed E-state index contributed by atoms with van der Waals surface area (Å²) in [5.74, 6) is 1.18. The fourth-order valence-corrected chi connectivity index (χ4v) is 7.22. The quantitative estimate of drug-likeness (QED) is 0.0476. The van der Waals surface area contributed by atoms with Gasteiger partial charge in [-0.1, -0.05) is 73.7 Å². The zero-order chi connectivity index (χ0) is 37.4. The highest BCUT2D eigenvalue weighted by Gasteiger charge is 2.44. The molecule has 4 heterocycles. The topological polar surface area (TPSA) is 202 Å². The zero-order valence-corrected chi connectivity index (χ0v) is 30.0. The van der Waals surface area contributed by atoms with Gasteiger partial charge in [-0.2, -0.15) is 15.2 Å². The van der Waals surface area contributed by atoms with Gasteiger partial charge in [0, 0.05) is 50.9 Å². The Bertz CT molecular complexity index is 2050. The summed E-state index contributed by atoms with van der Waals surface area (Å²) >= 11 is 0. The van der Waals surface area contributed by atoms with Gasteiger partial charge in [0.2, 0.25) is 17.8 Å². The Morgan fingerprint density at radius 1 is 1.04 bits per heavy atom. The molecule has 54 heavy (non-hydrogen) atoms. The lowest BCUT2D eigenvalue weighted by Gasteiger charge is -2.22. The van der Waals surface area contributed by atoms with Crippen molar-refractivity contribution < 1.29 is 15.0 Å². The molecule has 15 heteroatoms. The van der Waals surface area contributed by atoms with E-state index in [0.29, 0.717) is 67.9 Å². The summed E-state index contributed by atoms with van der Waals surface area (Å²) in [5, 5.41) is 43.9. The van der Waals surface area contributed by atoms with Gasteiger partial charge < -0.3 is 35.6 Å². The summed E-state index contributed by atoms with van der Waals surface area (Å²) in [5.41, 5.74) is 4.27. The van der Waals surface area contributed by atoms with E-state index >= 15 is 0 Å². The highest BCUT2D eigenvalue weighted by molar-refractivity contribution is 5.85. The van der Waals surface area contributed by atoms with Crippen LogP contribution in [0.15, 0.2) is 96.5 Å². The lowest BCUT2D eigenvalue weighted by atomic mass is 9.91. The number of carbonyl (C=O) groups is 1. The van der Waals surface area contributed by atoms with Crippen molar-refractivity contribution >= 4 is 34.8 Å². The first-order valence-electron chi connectivity index (χ1n) is 18.3. The van der Waals surface area contributed by atoms with Crippen molar-refractivity contribution in [2.24, 2.45) is 4.99 Å². The van der Waals surface area contributed by atoms with Crippen LogP contribution < -0.4 is 26.2 Å². The molecule has 0 radical (unpaired) electrons. The lowest BCUT2D eigenvalue weighted by molar-refractivity contribution is -0.122. The fraction of sp³-hybridized carbons (Fsp3) is 0.359. The van der Waals surface area contributed by atoms with E-state index in [1.165, 1.54) is 0 Å². The van der Waals surface area contributed by atoms with Crippen LogP contribution in [-0.4, -0.2) is 90.5 Å². The summed E-state index contributed by atoms with van der Waals surface area (Å²) in [6.45, 7) is 3.82. The first-order valence-corrected chi connectivity index (χ1v) is 18.3. The van der Waals surface area contributed by atoms with E-state index in [1.54, 1.807) is 30.2 Å². The summed E-state index contributed by atoms with van der Waals surface area (Å²) < 4.78 is 1.78. The van der Waals surface area contributed by atoms with E-state index in [-0.39, 0.29) is 24.3 Å². The van der Waals surface area contributed by atoms with Crippen LogP contribution in [0.4, 0.5) is 11.8 Å². The average molecular weight is 729 g/mol. The summed E-state index contributed by atoms with van der Waals surface area (Å²) in [4.78, 5) is 38.0. The second-order valence-electron chi connectivity index (χ2n) is 13.6. The minimum Gasteiger partial charge on any atom is -0.388 e. The third kappa shape index (κ3) is 8.09. The number of nitrogens with zero attached hydrogens (tertiary/aromatic N) is 8. The SMILES string of the molecule is CCC(=O)N[C@H]1C[C@@H](n2cnc3c(NCC(c4ccccc4)c4ccccc4)nc(N4CC[C@@H](N=C(NC#N)NCc5cccnc5)C4)nc32)[C@H](O)[C@@H]1O. The maximum absolute atomic E-state index is 12.2. The molecule has 1 saturated carbocycles. The molecular weight excluding hydrogens is 685 g/mol. The normalized spacial score (nSPS) is 21.3. The number of rotatable bonds is 12. The molecule has 2 aromatic carbocycles. The maximum atomic E-state index is 12.2. The number of anilines is 2. The van der Waals surface area contributed by atoms with Crippen molar-refractivity contribution in [1.82, 2.24) is 40.5 Å². The molecule has 5 aromatic rings. The molecule has 2 fully saturated rings. The Hall–Kier alpha value is -6.11.